The fourth-order valence-electron chi connectivity index (χ4n) is 0.744. The Bertz CT molecular complexity index is 110. The van der Waals surface area contributed by atoms with Gasteiger partial charge in [-0.2, -0.15) is 0 Å². The van der Waals surface area contributed by atoms with Crippen LogP contribution < -0.4 is 0 Å². The van der Waals surface area contributed by atoms with Crippen molar-refractivity contribution in [1.29, 1.82) is 0 Å². The molecule has 2 saturated heterocycles. The van der Waals surface area contributed by atoms with Crippen molar-refractivity contribution in [3.05, 3.63) is 0 Å². The molecule has 0 saturated carbocycles. The molecule has 1 unspecified atom stereocenters. The Kier molecular flexibility index (Phi) is 3.92. The summed E-state index contributed by atoms with van der Waals surface area (Å²) in [6.07, 6.45) is 1.50. The van der Waals surface area contributed by atoms with E-state index < -0.39 is 17.4 Å². The Labute approximate surface area is 82.6 Å². The zero-order chi connectivity index (χ0) is 6.81. The molecule has 5 heteroatoms. The van der Waals surface area contributed by atoms with Crippen LogP contribution in [-0.2, 0) is 0 Å². The summed E-state index contributed by atoms with van der Waals surface area (Å²) < 4.78 is 2.65. The van der Waals surface area contributed by atoms with E-state index in [0.29, 0.717) is 0 Å². The summed E-state index contributed by atoms with van der Waals surface area (Å²) in [6, 6.07) is 0. The summed E-state index contributed by atoms with van der Waals surface area (Å²) in [5, 5.41) is 0. The maximum atomic E-state index is 2.38. The Balaban J connectivity index is 1.68. The third-order valence-corrected chi connectivity index (χ3v) is 28.7. The topological polar surface area (TPSA) is 0 Å². The van der Waals surface area contributed by atoms with Crippen molar-refractivity contribution in [1.82, 2.24) is 0 Å². The van der Waals surface area contributed by atoms with Crippen LogP contribution in [0.3, 0.4) is 0 Å². The SMILES string of the molecule is C1[CH2][Sb]([S]C2CCS2)[S]S1. The molecule has 0 N–H and O–H groups in total. The van der Waals surface area contributed by atoms with Crippen LogP contribution in [0.25, 0.3) is 0 Å². The van der Waals surface area contributed by atoms with Crippen molar-refractivity contribution in [2.24, 2.45) is 0 Å². The first-order chi connectivity index (χ1) is 4.95. The fourth-order valence-corrected chi connectivity index (χ4v) is 33.7. The van der Waals surface area contributed by atoms with Crippen molar-refractivity contribution in [2.75, 3.05) is 11.5 Å². The molecule has 0 nitrogen and oxygen atoms in total. The predicted molar refractivity (Wildman–Crippen MR) is 59.1 cm³/mol. The summed E-state index contributed by atoms with van der Waals surface area (Å²) in [5.74, 6) is 2.89. The van der Waals surface area contributed by atoms with Crippen molar-refractivity contribution in [2.45, 2.75) is 15.4 Å². The Morgan fingerprint density at radius 1 is 1.40 bits per heavy atom. The van der Waals surface area contributed by atoms with Crippen LogP contribution in [0.5, 0.6) is 0 Å². The van der Waals surface area contributed by atoms with Gasteiger partial charge in [0.2, 0.25) is 0 Å². The second-order valence-corrected chi connectivity index (χ2v) is 22.8. The molecule has 1 atom stereocenters. The van der Waals surface area contributed by atoms with E-state index in [-0.39, 0.29) is 0 Å². The van der Waals surface area contributed by atoms with Crippen LogP contribution in [0.2, 0.25) is 4.37 Å². The van der Waals surface area contributed by atoms with Gasteiger partial charge in [-0.15, -0.1) is 0 Å². The second-order valence-electron chi connectivity index (χ2n) is 2.15. The summed E-state index contributed by atoms with van der Waals surface area (Å²) in [6.45, 7) is 0. The zero-order valence-corrected chi connectivity index (χ0v) is 11.3. The summed E-state index contributed by atoms with van der Waals surface area (Å²) in [5.41, 5.74) is 0. The molecule has 0 aromatic heterocycles. The monoisotopic (exact) mass is 318 g/mol. The van der Waals surface area contributed by atoms with Gasteiger partial charge in [0, 0.05) is 0 Å². The van der Waals surface area contributed by atoms with E-state index in [1.54, 1.807) is 4.37 Å². The molecule has 0 aromatic rings. The van der Waals surface area contributed by atoms with Gasteiger partial charge in [0.25, 0.3) is 0 Å². The van der Waals surface area contributed by atoms with Crippen molar-refractivity contribution < 1.29 is 0 Å². The van der Waals surface area contributed by atoms with Gasteiger partial charge in [0.05, 0.1) is 0 Å². The van der Waals surface area contributed by atoms with Gasteiger partial charge in [-0.25, -0.2) is 0 Å². The Morgan fingerprint density at radius 3 is 2.80 bits per heavy atom. The normalized spacial score (nSPS) is 34.2. The fraction of sp³-hybridized carbons (Fsp3) is 1.00. The predicted octanol–water partition coefficient (Wildman–Crippen LogP) is 3.07. The minimum atomic E-state index is -0.730. The molecule has 2 fully saturated rings. The van der Waals surface area contributed by atoms with Gasteiger partial charge >= 0.3 is 83.6 Å². The van der Waals surface area contributed by atoms with Gasteiger partial charge in [-0.3, -0.25) is 0 Å². The summed E-state index contributed by atoms with van der Waals surface area (Å²) in [4.78, 5) is 0. The van der Waals surface area contributed by atoms with E-state index in [4.69, 9.17) is 0 Å². The van der Waals surface area contributed by atoms with Gasteiger partial charge in [0.1, 0.15) is 0 Å². The van der Waals surface area contributed by atoms with E-state index in [0.717, 1.165) is 4.58 Å². The third kappa shape index (κ3) is 2.35. The zero-order valence-electron chi connectivity index (χ0n) is 5.49. The van der Waals surface area contributed by atoms with Gasteiger partial charge in [-0.05, 0) is 0 Å². The van der Waals surface area contributed by atoms with Crippen LogP contribution in [0.15, 0.2) is 0 Å². The number of rotatable bonds is 2. The molecule has 10 heavy (non-hydrogen) atoms. The van der Waals surface area contributed by atoms with E-state index in [1.165, 1.54) is 17.9 Å². The first-order valence-electron chi connectivity index (χ1n) is 3.31. The third-order valence-electron chi connectivity index (χ3n) is 1.39. The number of hydrogen-bond donors (Lipinski definition) is 0. The van der Waals surface area contributed by atoms with Crippen LogP contribution in [0.4, 0.5) is 0 Å². The number of thioether (sulfide) groups is 1. The molecule has 58 valence electrons. The van der Waals surface area contributed by atoms with E-state index in [2.05, 4.69) is 39.3 Å². The average molecular weight is 319 g/mol. The molecule has 2 aliphatic rings. The molecular formula is C5H9S4Sb. The van der Waals surface area contributed by atoms with Crippen molar-refractivity contribution >= 4 is 56.7 Å². The van der Waals surface area contributed by atoms with Gasteiger partial charge in [-0.1, -0.05) is 0 Å². The number of hydrogen-bond acceptors (Lipinski definition) is 4. The second kappa shape index (κ2) is 4.45. The first kappa shape index (κ1) is 8.80. The molecule has 0 aromatic carbocycles. The molecule has 2 rings (SSSR count). The van der Waals surface area contributed by atoms with Crippen molar-refractivity contribution in [3.63, 3.8) is 0 Å². The first-order valence-corrected chi connectivity index (χ1v) is 15.5. The quantitative estimate of drug-likeness (QED) is 0.566. The van der Waals surface area contributed by atoms with E-state index in [1.807, 2.05) is 0 Å². The molecule has 0 amide bonds. The van der Waals surface area contributed by atoms with E-state index in [9.17, 15) is 0 Å². The Morgan fingerprint density at radius 2 is 2.30 bits per heavy atom. The van der Waals surface area contributed by atoms with Crippen LogP contribution in [-0.4, -0.2) is 33.5 Å². The standard InChI is InChI=1S/C3H6S2.C2H5S2.Sb/c4-3-1-2-5-3;1-2-4-3;/h3-4H,1-2H2;3H,1-2H2;/q;;+2/p-2. The molecule has 0 spiro atoms. The van der Waals surface area contributed by atoms with Crippen LogP contribution >= 0.6 is 39.3 Å². The molecule has 2 heterocycles. The van der Waals surface area contributed by atoms with Gasteiger partial charge < -0.3 is 0 Å². The average Bonchev–Trinajstić information content (AvgIpc) is 2.29. The van der Waals surface area contributed by atoms with Crippen molar-refractivity contribution in [3.8, 4) is 0 Å². The van der Waals surface area contributed by atoms with Crippen LogP contribution in [0, 0.1) is 0 Å². The maximum absolute atomic E-state index is 2.38. The summed E-state index contributed by atoms with van der Waals surface area (Å²) in [7, 11) is 6.78. The Hall–Kier alpha value is 2.22. The minimum absolute atomic E-state index is 0.730. The van der Waals surface area contributed by atoms with Crippen LogP contribution in [0.1, 0.15) is 6.42 Å². The van der Waals surface area contributed by atoms with E-state index >= 15 is 0 Å². The molecular weight excluding hydrogens is 310 g/mol. The molecule has 0 aliphatic carbocycles. The summed E-state index contributed by atoms with van der Waals surface area (Å²) >= 11 is 1.45. The molecule has 0 bridgehead atoms. The molecule has 0 radical (unpaired) electrons. The van der Waals surface area contributed by atoms with Gasteiger partial charge in [0.15, 0.2) is 0 Å². The molecule has 2 aliphatic heterocycles.